The third-order valence-corrected chi connectivity index (χ3v) is 7.70. The average molecular weight is 467 g/mol. The number of amides is 2. The largest absolute Gasteiger partial charge is 0.352 e. The Morgan fingerprint density at radius 3 is 2.39 bits per heavy atom. The van der Waals surface area contributed by atoms with Gasteiger partial charge in [-0.3, -0.25) is 9.59 Å². The van der Waals surface area contributed by atoms with Gasteiger partial charge >= 0.3 is 0 Å². The Balaban J connectivity index is 1.40. The number of piperidine rings is 1. The highest BCUT2D eigenvalue weighted by Gasteiger charge is 2.41. The summed E-state index contributed by atoms with van der Waals surface area (Å²) in [6, 6.07) is 17.9. The molecule has 3 atom stereocenters. The number of halogens is 1. The first kappa shape index (κ1) is 23.8. The first-order valence-corrected chi connectivity index (χ1v) is 12.6. The molecule has 176 valence electrons. The van der Waals surface area contributed by atoms with Crippen LogP contribution in [0.2, 0.25) is 5.02 Å². The monoisotopic (exact) mass is 466 g/mol. The lowest BCUT2D eigenvalue weighted by atomic mass is 9.70. The SMILES string of the molecule is CC1(C)CN(C(=O)C2CCCCC2NC(=O)Cc2ccccc2)CCC1c1ccc(Cl)cc1. The molecular weight excluding hydrogens is 432 g/mol. The Bertz CT molecular complexity index is 958. The molecule has 3 unspecified atom stereocenters. The minimum Gasteiger partial charge on any atom is -0.352 e. The van der Waals surface area contributed by atoms with Crippen molar-refractivity contribution in [1.29, 1.82) is 0 Å². The highest BCUT2D eigenvalue weighted by atomic mass is 35.5. The van der Waals surface area contributed by atoms with Crippen molar-refractivity contribution < 1.29 is 9.59 Å². The van der Waals surface area contributed by atoms with Crippen LogP contribution in [0, 0.1) is 11.3 Å². The second kappa shape index (κ2) is 10.3. The van der Waals surface area contributed by atoms with Crippen LogP contribution in [0.1, 0.15) is 63.0 Å². The number of rotatable bonds is 5. The molecule has 0 spiro atoms. The second-order valence-electron chi connectivity index (χ2n) is 10.4. The molecule has 1 heterocycles. The lowest BCUT2D eigenvalue weighted by molar-refractivity contribution is -0.141. The smallest absolute Gasteiger partial charge is 0.227 e. The van der Waals surface area contributed by atoms with Gasteiger partial charge in [0.15, 0.2) is 0 Å². The summed E-state index contributed by atoms with van der Waals surface area (Å²) < 4.78 is 0. The fourth-order valence-corrected chi connectivity index (χ4v) is 5.86. The molecule has 0 radical (unpaired) electrons. The number of likely N-dealkylation sites (tertiary alicyclic amines) is 1. The van der Waals surface area contributed by atoms with E-state index in [1.54, 1.807) is 0 Å². The predicted octanol–water partition coefficient (Wildman–Crippen LogP) is 5.60. The van der Waals surface area contributed by atoms with Crippen LogP contribution in [0.4, 0.5) is 0 Å². The van der Waals surface area contributed by atoms with Crippen molar-refractivity contribution in [3.05, 3.63) is 70.7 Å². The van der Waals surface area contributed by atoms with Crippen molar-refractivity contribution in [3.8, 4) is 0 Å². The molecule has 1 N–H and O–H groups in total. The van der Waals surface area contributed by atoms with E-state index in [0.717, 1.165) is 55.8 Å². The number of nitrogens with one attached hydrogen (secondary N) is 1. The highest BCUT2D eigenvalue weighted by molar-refractivity contribution is 6.30. The number of benzene rings is 2. The van der Waals surface area contributed by atoms with Crippen molar-refractivity contribution in [3.63, 3.8) is 0 Å². The Hall–Kier alpha value is -2.33. The van der Waals surface area contributed by atoms with Gasteiger partial charge in [-0.25, -0.2) is 0 Å². The summed E-state index contributed by atoms with van der Waals surface area (Å²) in [5, 5.41) is 3.95. The van der Waals surface area contributed by atoms with E-state index in [4.69, 9.17) is 11.6 Å². The van der Waals surface area contributed by atoms with Crippen LogP contribution in [-0.4, -0.2) is 35.8 Å². The summed E-state index contributed by atoms with van der Waals surface area (Å²) in [4.78, 5) is 28.4. The normalized spacial score (nSPS) is 24.8. The molecule has 33 heavy (non-hydrogen) atoms. The van der Waals surface area contributed by atoms with Gasteiger partial charge in [-0.05, 0) is 53.9 Å². The van der Waals surface area contributed by atoms with Crippen molar-refractivity contribution in [2.24, 2.45) is 11.3 Å². The number of hydrogen-bond acceptors (Lipinski definition) is 2. The van der Waals surface area contributed by atoms with Gasteiger partial charge in [-0.15, -0.1) is 0 Å². The van der Waals surface area contributed by atoms with E-state index >= 15 is 0 Å². The van der Waals surface area contributed by atoms with E-state index in [0.29, 0.717) is 12.3 Å². The third-order valence-electron chi connectivity index (χ3n) is 7.45. The molecule has 1 aliphatic heterocycles. The molecule has 2 aromatic rings. The van der Waals surface area contributed by atoms with Crippen LogP contribution in [0.3, 0.4) is 0 Å². The Morgan fingerprint density at radius 1 is 1.00 bits per heavy atom. The van der Waals surface area contributed by atoms with E-state index in [1.165, 1.54) is 5.56 Å². The zero-order valence-electron chi connectivity index (χ0n) is 19.7. The lowest BCUT2D eigenvalue weighted by Gasteiger charge is -2.46. The molecule has 0 aromatic heterocycles. The molecule has 2 fully saturated rings. The summed E-state index contributed by atoms with van der Waals surface area (Å²) in [6.07, 6.45) is 5.14. The fourth-order valence-electron chi connectivity index (χ4n) is 5.73. The van der Waals surface area contributed by atoms with E-state index in [1.807, 2.05) is 42.5 Å². The summed E-state index contributed by atoms with van der Waals surface area (Å²) in [5.41, 5.74) is 2.27. The first-order chi connectivity index (χ1) is 15.8. The average Bonchev–Trinajstić information content (AvgIpc) is 2.80. The molecule has 4 nitrogen and oxygen atoms in total. The van der Waals surface area contributed by atoms with Crippen molar-refractivity contribution in [1.82, 2.24) is 10.2 Å². The molecule has 1 saturated heterocycles. The maximum atomic E-state index is 13.6. The van der Waals surface area contributed by atoms with Gasteiger partial charge < -0.3 is 10.2 Å². The topological polar surface area (TPSA) is 49.4 Å². The predicted molar refractivity (Wildman–Crippen MR) is 133 cm³/mol. The van der Waals surface area contributed by atoms with Gasteiger partial charge in [-0.2, -0.15) is 0 Å². The van der Waals surface area contributed by atoms with Gasteiger partial charge in [0.1, 0.15) is 0 Å². The van der Waals surface area contributed by atoms with Gasteiger partial charge in [-0.1, -0.05) is 80.8 Å². The number of nitrogens with zero attached hydrogens (tertiary/aromatic N) is 1. The summed E-state index contributed by atoms with van der Waals surface area (Å²) in [6.45, 7) is 6.01. The van der Waals surface area contributed by atoms with Crippen LogP contribution >= 0.6 is 11.6 Å². The van der Waals surface area contributed by atoms with Crippen LogP contribution < -0.4 is 5.32 Å². The molecule has 2 aromatic carbocycles. The highest BCUT2D eigenvalue weighted by Crippen LogP contribution is 2.43. The molecule has 1 aliphatic carbocycles. The number of carbonyl (C=O) groups excluding carboxylic acids is 2. The number of hydrogen-bond donors (Lipinski definition) is 1. The van der Waals surface area contributed by atoms with Gasteiger partial charge in [0.25, 0.3) is 0 Å². The van der Waals surface area contributed by atoms with E-state index < -0.39 is 0 Å². The molecule has 4 rings (SSSR count). The molecule has 0 bridgehead atoms. The lowest BCUT2D eigenvalue weighted by Crippen LogP contribution is -2.54. The minimum atomic E-state index is -0.124. The molecule has 2 amide bonds. The zero-order valence-corrected chi connectivity index (χ0v) is 20.5. The Kier molecular flexibility index (Phi) is 7.43. The van der Waals surface area contributed by atoms with Crippen molar-refractivity contribution in [2.45, 2.75) is 64.3 Å². The molecule has 1 saturated carbocycles. The van der Waals surface area contributed by atoms with E-state index in [9.17, 15) is 9.59 Å². The van der Waals surface area contributed by atoms with Crippen molar-refractivity contribution in [2.75, 3.05) is 13.1 Å². The third kappa shape index (κ3) is 5.78. The molecule has 5 heteroatoms. The van der Waals surface area contributed by atoms with Crippen LogP contribution in [0.5, 0.6) is 0 Å². The van der Waals surface area contributed by atoms with Gasteiger partial charge in [0, 0.05) is 24.2 Å². The Labute approximate surface area is 202 Å². The maximum absolute atomic E-state index is 13.6. The van der Waals surface area contributed by atoms with E-state index in [-0.39, 0.29) is 29.2 Å². The summed E-state index contributed by atoms with van der Waals surface area (Å²) in [7, 11) is 0. The fraction of sp³-hybridized carbons (Fsp3) is 0.500. The maximum Gasteiger partial charge on any atom is 0.227 e. The van der Waals surface area contributed by atoms with Crippen molar-refractivity contribution >= 4 is 23.4 Å². The van der Waals surface area contributed by atoms with Crippen LogP contribution in [0.15, 0.2) is 54.6 Å². The molecule has 2 aliphatic rings. The summed E-state index contributed by atoms with van der Waals surface area (Å²) in [5.74, 6) is 0.489. The summed E-state index contributed by atoms with van der Waals surface area (Å²) >= 11 is 6.08. The first-order valence-electron chi connectivity index (χ1n) is 12.2. The van der Waals surface area contributed by atoms with Crippen LogP contribution in [0.25, 0.3) is 0 Å². The minimum absolute atomic E-state index is 0.00711. The second-order valence-corrected chi connectivity index (χ2v) is 10.8. The van der Waals surface area contributed by atoms with E-state index in [2.05, 4.69) is 36.2 Å². The van der Waals surface area contributed by atoms with Gasteiger partial charge in [0.05, 0.1) is 12.3 Å². The Morgan fingerprint density at radius 2 is 1.70 bits per heavy atom. The van der Waals surface area contributed by atoms with Gasteiger partial charge in [0.2, 0.25) is 11.8 Å². The zero-order chi connectivity index (χ0) is 23.4. The number of carbonyl (C=O) groups is 2. The quantitative estimate of drug-likeness (QED) is 0.623. The standard InChI is InChI=1S/C28H35ClN2O2/c1-28(2)19-31(17-16-24(28)21-12-14-22(29)15-13-21)27(33)23-10-6-7-11-25(23)30-26(32)18-20-8-4-3-5-9-20/h3-5,8-9,12-15,23-25H,6-7,10-11,16-19H2,1-2H3,(H,30,32). The molecular formula is C28H35ClN2O2. The van der Waals surface area contributed by atoms with Crippen LogP contribution in [-0.2, 0) is 16.0 Å².